The predicted molar refractivity (Wildman–Crippen MR) is 78.0 cm³/mol. The van der Waals surface area contributed by atoms with E-state index in [1.807, 2.05) is 18.7 Å². The zero-order valence-electron chi connectivity index (χ0n) is 12.9. The maximum atomic E-state index is 14.6. The Kier molecular flexibility index (Phi) is 4.02. The molecular formula is C14H19FN6O. The van der Waals surface area contributed by atoms with Gasteiger partial charge in [-0.05, 0) is 13.3 Å². The number of nitrogens with one attached hydrogen (secondary N) is 1. The van der Waals surface area contributed by atoms with Crippen molar-refractivity contribution in [3.05, 3.63) is 29.5 Å². The Morgan fingerprint density at radius 2 is 2.27 bits per heavy atom. The van der Waals surface area contributed by atoms with Gasteiger partial charge in [0.05, 0.1) is 17.8 Å². The third kappa shape index (κ3) is 2.54. The second-order valence-electron chi connectivity index (χ2n) is 5.35. The van der Waals surface area contributed by atoms with Crippen LogP contribution in [-0.2, 0) is 11.2 Å². The lowest BCUT2D eigenvalue weighted by Gasteiger charge is -2.24. The molecule has 1 fully saturated rings. The minimum Gasteiger partial charge on any atom is -0.380 e. The highest BCUT2D eigenvalue weighted by molar-refractivity contribution is 5.45. The van der Waals surface area contributed by atoms with Crippen LogP contribution >= 0.6 is 0 Å². The van der Waals surface area contributed by atoms with E-state index in [1.165, 1.54) is 6.33 Å². The van der Waals surface area contributed by atoms with Crippen LogP contribution in [-0.4, -0.2) is 44.9 Å². The first-order valence-corrected chi connectivity index (χ1v) is 7.31. The Morgan fingerprint density at radius 3 is 2.91 bits per heavy atom. The highest BCUT2D eigenvalue weighted by atomic mass is 19.1. The van der Waals surface area contributed by atoms with Crippen molar-refractivity contribution >= 4 is 5.82 Å². The molecule has 2 atom stereocenters. The molecule has 8 heteroatoms. The number of ether oxygens (including phenoxy) is 1. The molecule has 1 aliphatic rings. The van der Waals surface area contributed by atoms with E-state index < -0.39 is 0 Å². The van der Waals surface area contributed by atoms with Gasteiger partial charge in [0.1, 0.15) is 12.2 Å². The van der Waals surface area contributed by atoms with Gasteiger partial charge in [-0.25, -0.2) is 19.3 Å². The largest absolute Gasteiger partial charge is 0.380 e. The third-order valence-electron chi connectivity index (χ3n) is 3.96. The van der Waals surface area contributed by atoms with Gasteiger partial charge >= 0.3 is 0 Å². The molecule has 7 nitrogen and oxygen atoms in total. The average Bonchev–Trinajstić information content (AvgIpc) is 3.13. The number of anilines is 1. The van der Waals surface area contributed by atoms with E-state index in [4.69, 9.17) is 4.74 Å². The van der Waals surface area contributed by atoms with E-state index in [-0.39, 0.29) is 18.0 Å². The van der Waals surface area contributed by atoms with Gasteiger partial charge in [0.2, 0.25) is 0 Å². The number of rotatable bonds is 4. The van der Waals surface area contributed by atoms with E-state index in [1.54, 1.807) is 7.11 Å². The second-order valence-corrected chi connectivity index (χ2v) is 5.35. The molecule has 0 aliphatic carbocycles. The zero-order valence-corrected chi connectivity index (χ0v) is 12.9. The van der Waals surface area contributed by atoms with Crippen molar-refractivity contribution in [2.75, 3.05) is 18.6 Å². The molecule has 0 unspecified atom stereocenters. The van der Waals surface area contributed by atoms with Crippen LogP contribution < -0.4 is 4.90 Å². The van der Waals surface area contributed by atoms with Crippen molar-refractivity contribution in [1.82, 2.24) is 25.1 Å². The SMILES string of the molecule is CCc1ncnc(N2C[C@H](OC)C[C@H]2c2n[nH]c(C)n2)c1F. The number of nitrogens with zero attached hydrogens (tertiary/aromatic N) is 5. The van der Waals surface area contributed by atoms with Crippen molar-refractivity contribution in [3.8, 4) is 0 Å². The molecule has 22 heavy (non-hydrogen) atoms. The minimum atomic E-state index is -0.376. The maximum Gasteiger partial charge on any atom is 0.187 e. The Bertz CT molecular complexity index is 661. The highest BCUT2D eigenvalue weighted by Crippen LogP contribution is 2.36. The van der Waals surface area contributed by atoms with E-state index in [0.717, 1.165) is 5.82 Å². The maximum absolute atomic E-state index is 14.6. The summed E-state index contributed by atoms with van der Waals surface area (Å²) in [6, 6.07) is -0.163. The molecule has 3 rings (SSSR count). The summed E-state index contributed by atoms with van der Waals surface area (Å²) in [5, 5.41) is 7.05. The summed E-state index contributed by atoms with van der Waals surface area (Å²) in [6.45, 7) is 4.25. The number of halogens is 1. The first-order chi connectivity index (χ1) is 10.6. The number of aromatic nitrogens is 5. The fourth-order valence-electron chi connectivity index (χ4n) is 2.80. The molecule has 118 valence electrons. The summed E-state index contributed by atoms with van der Waals surface area (Å²) in [4.78, 5) is 14.4. The Hall–Kier alpha value is -2.09. The van der Waals surface area contributed by atoms with E-state index >= 15 is 0 Å². The molecule has 2 aromatic rings. The van der Waals surface area contributed by atoms with Gasteiger partial charge in [-0.3, -0.25) is 5.10 Å². The molecule has 0 amide bonds. The van der Waals surface area contributed by atoms with Crippen LogP contribution in [0.15, 0.2) is 6.33 Å². The van der Waals surface area contributed by atoms with Gasteiger partial charge < -0.3 is 9.64 Å². The number of hydrogen-bond acceptors (Lipinski definition) is 6. The Morgan fingerprint density at radius 1 is 1.45 bits per heavy atom. The predicted octanol–water partition coefficient (Wildman–Crippen LogP) is 1.57. The molecule has 1 N–H and O–H groups in total. The van der Waals surface area contributed by atoms with Crippen molar-refractivity contribution in [1.29, 1.82) is 0 Å². The number of methoxy groups -OCH3 is 1. The second kappa shape index (κ2) is 5.96. The van der Waals surface area contributed by atoms with Gasteiger partial charge in [-0.1, -0.05) is 6.92 Å². The van der Waals surface area contributed by atoms with Crippen molar-refractivity contribution in [2.45, 2.75) is 38.8 Å². The van der Waals surface area contributed by atoms with Crippen molar-refractivity contribution in [3.63, 3.8) is 0 Å². The highest BCUT2D eigenvalue weighted by Gasteiger charge is 2.38. The van der Waals surface area contributed by atoms with E-state index in [9.17, 15) is 4.39 Å². The molecule has 0 spiro atoms. The molecule has 3 heterocycles. The lowest BCUT2D eigenvalue weighted by molar-refractivity contribution is 0.118. The summed E-state index contributed by atoms with van der Waals surface area (Å²) in [5.41, 5.74) is 0.413. The smallest absolute Gasteiger partial charge is 0.187 e. The third-order valence-corrected chi connectivity index (χ3v) is 3.96. The molecule has 0 radical (unpaired) electrons. The standard InChI is InChI=1S/C14H19FN6O/c1-4-10-12(15)14(17-7-16-10)21-6-9(22-3)5-11(21)13-18-8(2)19-20-13/h7,9,11H,4-6H2,1-3H3,(H,18,19,20)/t9-,11+/m1/s1. The van der Waals surface area contributed by atoms with Crippen molar-refractivity contribution < 1.29 is 9.13 Å². The van der Waals surface area contributed by atoms with Gasteiger partial charge in [0, 0.05) is 20.1 Å². The van der Waals surface area contributed by atoms with Crippen LogP contribution in [0.4, 0.5) is 10.2 Å². The lowest BCUT2D eigenvalue weighted by atomic mass is 10.2. The van der Waals surface area contributed by atoms with Crippen molar-refractivity contribution in [2.24, 2.45) is 0 Å². The molecule has 0 aromatic carbocycles. The van der Waals surface area contributed by atoms with Gasteiger partial charge in [0.25, 0.3) is 0 Å². The van der Waals surface area contributed by atoms with Gasteiger partial charge in [-0.2, -0.15) is 5.10 Å². The molecule has 0 saturated carbocycles. The number of hydrogen-bond donors (Lipinski definition) is 1. The average molecular weight is 306 g/mol. The first kappa shape index (κ1) is 14.8. The summed E-state index contributed by atoms with van der Waals surface area (Å²) in [6.07, 6.45) is 2.60. The fraction of sp³-hybridized carbons (Fsp3) is 0.571. The van der Waals surface area contributed by atoms with Crippen LogP contribution in [0.5, 0.6) is 0 Å². The monoisotopic (exact) mass is 306 g/mol. The topological polar surface area (TPSA) is 79.8 Å². The summed E-state index contributed by atoms with van der Waals surface area (Å²) < 4.78 is 20.0. The van der Waals surface area contributed by atoms with Gasteiger partial charge in [0.15, 0.2) is 17.5 Å². The number of aryl methyl sites for hydroxylation is 2. The van der Waals surface area contributed by atoms with E-state index in [0.29, 0.717) is 36.7 Å². The molecule has 2 aromatic heterocycles. The molecule has 1 saturated heterocycles. The Balaban J connectivity index is 1.99. The summed E-state index contributed by atoms with van der Waals surface area (Å²) in [5.74, 6) is 1.28. The zero-order chi connectivity index (χ0) is 15.7. The van der Waals surface area contributed by atoms with Crippen LogP contribution in [0.1, 0.15) is 36.7 Å². The quantitative estimate of drug-likeness (QED) is 0.923. The van der Waals surface area contributed by atoms with Crippen LogP contribution in [0.25, 0.3) is 0 Å². The fourth-order valence-corrected chi connectivity index (χ4v) is 2.80. The molecule has 1 aliphatic heterocycles. The number of aromatic amines is 1. The van der Waals surface area contributed by atoms with Crippen LogP contribution in [0.2, 0.25) is 0 Å². The minimum absolute atomic E-state index is 0.0109. The van der Waals surface area contributed by atoms with E-state index in [2.05, 4.69) is 25.1 Å². The first-order valence-electron chi connectivity index (χ1n) is 7.31. The molecular weight excluding hydrogens is 287 g/mol. The summed E-state index contributed by atoms with van der Waals surface area (Å²) in [7, 11) is 1.66. The lowest BCUT2D eigenvalue weighted by Crippen LogP contribution is -2.27. The van der Waals surface area contributed by atoms with Crippen LogP contribution in [0.3, 0.4) is 0 Å². The molecule has 0 bridgehead atoms. The normalized spacial score (nSPS) is 21.5. The van der Waals surface area contributed by atoms with Crippen LogP contribution in [0, 0.1) is 12.7 Å². The van der Waals surface area contributed by atoms with Gasteiger partial charge in [-0.15, -0.1) is 0 Å². The summed E-state index contributed by atoms with van der Waals surface area (Å²) >= 11 is 0. The number of H-pyrrole nitrogens is 1. The Labute approximate surface area is 127 Å².